The van der Waals surface area contributed by atoms with Crippen molar-refractivity contribution in [3.63, 3.8) is 0 Å². The third-order valence-electron chi connectivity index (χ3n) is 4.84. The van der Waals surface area contributed by atoms with E-state index in [1.54, 1.807) is 0 Å². The standard InChI is InChI=1S/C19H35N3O4/c1-19(2,3)16-18(25)20-12-10-8-6-4-5-7-9-11-15(17(24)21-16)13-22(26)14-23/h14-16,26H,4-13H2,1-3H3,(H,20,25)(H,21,24)/t15-,16-/m1/s1. The molecule has 0 bridgehead atoms. The highest BCUT2D eigenvalue weighted by atomic mass is 16.5. The molecule has 26 heavy (non-hydrogen) atoms. The summed E-state index contributed by atoms with van der Waals surface area (Å²) in [6.45, 7) is 6.27. The number of rotatable bonds is 3. The van der Waals surface area contributed by atoms with Gasteiger partial charge in [0.1, 0.15) is 6.04 Å². The quantitative estimate of drug-likeness (QED) is 0.404. The van der Waals surface area contributed by atoms with Crippen molar-refractivity contribution in [3.05, 3.63) is 0 Å². The highest BCUT2D eigenvalue weighted by Crippen LogP contribution is 2.21. The van der Waals surface area contributed by atoms with Crippen LogP contribution in [0.3, 0.4) is 0 Å². The monoisotopic (exact) mass is 369 g/mol. The molecule has 1 aliphatic heterocycles. The van der Waals surface area contributed by atoms with Crippen molar-refractivity contribution in [1.82, 2.24) is 15.7 Å². The fourth-order valence-corrected chi connectivity index (χ4v) is 3.22. The lowest BCUT2D eigenvalue weighted by Gasteiger charge is -2.32. The normalized spacial score (nSPS) is 24.6. The van der Waals surface area contributed by atoms with Gasteiger partial charge in [0.05, 0.1) is 12.5 Å². The van der Waals surface area contributed by atoms with Crippen LogP contribution in [0.25, 0.3) is 0 Å². The zero-order chi connectivity index (χ0) is 19.6. The smallest absolute Gasteiger partial charge is 0.243 e. The molecule has 1 fully saturated rings. The van der Waals surface area contributed by atoms with Crippen molar-refractivity contribution in [2.75, 3.05) is 13.1 Å². The second-order valence-corrected chi connectivity index (χ2v) is 8.29. The summed E-state index contributed by atoms with van der Waals surface area (Å²) < 4.78 is 0. The SMILES string of the molecule is CC(C)(C)[C@@H]1NC(=O)[C@@H](CN(O)C=O)CCCCCCCCCNC1=O. The van der Waals surface area contributed by atoms with E-state index < -0.39 is 17.4 Å². The lowest BCUT2D eigenvalue weighted by molar-refractivity contribution is -0.155. The number of nitrogens with one attached hydrogen (secondary N) is 2. The molecule has 150 valence electrons. The van der Waals surface area contributed by atoms with E-state index in [1.807, 2.05) is 20.8 Å². The minimum absolute atomic E-state index is 0.0617. The van der Waals surface area contributed by atoms with Gasteiger partial charge in [-0.3, -0.25) is 19.6 Å². The summed E-state index contributed by atoms with van der Waals surface area (Å²) in [4.78, 5) is 36.1. The Morgan fingerprint density at radius 3 is 2.19 bits per heavy atom. The van der Waals surface area contributed by atoms with E-state index in [2.05, 4.69) is 10.6 Å². The van der Waals surface area contributed by atoms with Crippen LogP contribution in [0.2, 0.25) is 0 Å². The first-order chi connectivity index (χ1) is 12.3. The van der Waals surface area contributed by atoms with Crippen molar-refractivity contribution < 1.29 is 19.6 Å². The van der Waals surface area contributed by atoms with E-state index in [4.69, 9.17) is 0 Å². The molecule has 0 spiro atoms. The van der Waals surface area contributed by atoms with Gasteiger partial charge >= 0.3 is 0 Å². The fourth-order valence-electron chi connectivity index (χ4n) is 3.22. The van der Waals surface area contributed by atoms with Gasteiger partial charge in [0.25, 0.3) is 0 Å². The Morgan fingerprint density at radius 2 is 1.62 bits per heavy atom. The van der Waals surface area contributed by atoms with Gasteiger partial charge in [0.2, 0.25) is 18.2 Å². The third kappa shape index (κ3) is 8.17. The summed E-state index contributed by atoms with van der Waals surface area (Å²) in [5.41, 5.74) is -0.443. The lowest BCUT2D eigenvalue weighted by atomic mass is 9.85. The van der Waals surface area contributed by atoms with E-state index in [0.717, 1.165) is 44.9 Å². The highest BCUT2D eigenvalue weighted by molar-refractivity contribution is 5.89. The van der Waals surface area contributed by atoms with Crippen LogP contribution >= 0.6 is 0 Å². The summed E-state index contributed by atoms with van der Waals surface area (Å²) in [7, 11) is 0. The van der Waals surface area contributed by atoms with Crippen molar-refractivity contribution >= 4 is 18.2 Å². The molecule has 1 heterocycles. The molecular weight excluding hydrogens is 334 g/mol. The van der Waals surface area contributed by atoms with Crippen LogP contribution in [0.1, 0.15) is 72.1 Å². The maximum Gasteiger partial charge on any atom is 0.243 e. The van der Waals surface area contributed by atoms with Crippen LogP contribution in [0.4, 0.5) is 0 Å². The van der Waals surface area contributed by atoms with E-state index in [1.165, 1.54) is 0 Å². The van der Waals surface area contributed by atoms with Gasteiger partial charge in [-0.25, -0.2) is 5.06 Å². The molecule has 1 aliphatic rings. The summed E-state index contributed by atoms with van der Waals surface area (Å²) in [5, 5.41) is 15.8. The molecule has 0 saturated carbocycles. The van der Waals surface area contributed by atoms with Crippen LogP contribution < -0.4 is 10.6 Å². The van der Waals surface area contributed by atoms with Crippen LogP contribution in [0.15, 0.2) is 0 Å². The largest absolute Gasteiger partial charge is 0.354 e. The number of amides is 3. The van der Waals surface area contributed by atoms with Crippen molar-refractivity contribution in [1.29, 1.82) is 0 Å². The van der Waals surface area contributed by atoms with Gasteiger partial charge in [-0.2, -0.15) is 0 Å². The Labute approximate surface area is 156 Å². The van der Waals surface area contributed by atoms with Gasteiger partial charge in [-0.1, -0.05) is 59.3 Å². The van der Waals surface area contributed by atoms with Crippen molar-refractivity contribution in [3.8, 4) is 0 Å². The molecule has 1 rings (SSSR count). The molecule has 0 aromatic heterocycles. The minimum atomic E-state index is -0.661. The number of hydrogen-bond acceptors (Lipinski definition) is 4. The van der Waals surface area contributed by atoms with E-state index in [-0.39, 0.29) is 18.4 Å². The predicted octanol–water partition coefficient (Wildman–Crippen LogP) is 2.23. The van der Waals surface area contributed by atoms with Gasteiger partial charge in [0.15, 0.2) is 0 Å². The van der Waals surface area contributed by atoms with Gasteiger partial charge < -0.3 is 10.6 Å². The zero-order valence-corrected chi connectivity index (χ0v) is 16.4. The number of carbonyl (C=O) groups is 3. The van der Waals surface area contributed by atoms with Gasteiger partial charge in [-0.15, -0.1) is 0 Å². The van der Waals surface area contributed by atoms with Crippen molar-refractivity contribution in [2.24, 2.45) is 11.3 Å². The number of hydroxylamine groups is 2. The third-order valence-corrected chi connectivity index (χ3v) is 4.84. The Balaban J connectivity index is 2.90. The summed E-state index contributed by atoms with van der Waals surface area (Å²) in [5.74, 6) is -1.01. The second kappa shape index (κ2) is 11.2. The van der Waals surface area contributed by atoms with Crippen LogP contribution in [-0.4, -0.2) is 47.6 Å². The Bertz CT molecular complexity index is 462. The Morgan fingerprint density at radius 1 is 1.04 bits per heavy atom. The molecule has 7 heteroatoms. The molecular formula is C19H35N3O4. The summed E-state index contributed by atoms with van der Waals surface area (Å²) >= 11 is 0. The highest BCUT2D eigenvalue weighted by Gasteiger charge is 2.34. The molecule has 1 saturated heterocycles. The van der Waals surface area contributed by atoms with Crippen LogP contribution in [0, 0.1) is 11.3 Å². The molecule has 0 radical (unpaired) electrons. The zero-order valence-electron chi connectivity index (χ0n) is 16.4. The van der Waals surface area contributed by atoms with Gasteiger partial charge in [-0.05, 0) is 18.3 Å². The summed E-state index contributed by atoms with van der Waals surface area (Å²) in [6, 6.07) is -0.661. The Hall–Kier alpha value is -1.63. The number of carbonyl (C=O) groups excluding carboxylic acids is 3. The molecule has 0 aliphatic carbocycles. The first-order valence-corrected chi connectivity index (χ1v) is 9.74. The average molecular weight is 370 g/mol. The van der Waals surface area contributed by atoms with Crippen LogP contribution in [-0.2, 0) is 14.4 Å². The maximum absolute atomic E-state index is 12.8. The molecule has 2 atom stereocenters. The first kappa shape index (κ1) is 22.4. The minimum Gasteiger partial charge on any atom is -0.354 e. The molecule has 0 aromatic carbocycles. The summed E-state index contributed by atoms with van der Waals surface area (Å²) in [6.07, 6.45) is 8.21. The number of hydrogen-bond donors (Lipinski definition) is 3. The van der Waals surface area contributed by atoms with E-state index in [0.29, 0.717) is 24.4 Å². The average Bonchev–Trinajstić information content (AvgIpc) is 2.58. The van der Waals surface area contributed by atoms with Gasteiger partial charge in [0, 0.05) is 6.54 Å². The fraction of sp³-hybridized carbons (Fsp3) is 0.842. The predicted molar refractivity (Wildman–Crippen MR) is 99.4 cm³/mol. The van der Waals surface area contributed by atoms with Crippen molar-refractivity contribution in [2.45, 2.75) is 78.2 Å². The lowest BCUT2D eigenvalue weighted by Crippen LogP contribution is -2.55. The molecule has 0 aromatic rings. The van der Waals surface area contributed by atoms with Crippen LogP contribution in [0.5, 0.6) is 0 Å². The number of nitrogens with zero attached hydrogens (tertiary/aromatic N) is 1. The molecule has 3 N–H and O–H groups in total. The second-order valence-electron chi connectivity index (χ2n) is 8.29. The molecule has 0 unspecified atom stereocenters. The molecule has 7 nitrogen and oxygen atoms in total. The molecule has 3 amide bonds. The Kier molecular flexibility index (Phi) is 9.62. The van der Waals surface area contributed by atoms with E-state index >= 15 is 0 Å². The topological polar surface area (TPSA) is 98.7 Å². The first-order valence-electron chi connectivity index (χ1n) is 9.74. The maximum atomic E-state index is 12.8. The van der Waals surface area contributed by atoms with E-state index in [9.17, 15) is 19.6 Å².